The Kier molecular flexibility index (Phi) is 14.6. The van der Waals surface area contributed by atoms with Gasteiger partial charge in [-0.25, -0.2) is 4.98 Å². The number of rotatable bonds is 11. The largest absolute Gasteiger partial charge is 0.356 e. The molecule has 1 heterocycles. The van der Waals surface area contributed by atoms with E-state index in [4.69, 9.17) is 0 Å². The van der Waals surface area contributed by atoms with Crippen LogP contribution in [0.4, 0.5) is 0 Å². The van der Waals surface area contributed by atoms with Crippen molar-refractivity contribution in [2.75, 3.05) is 34.2 Å². The molecule has 0 saturated heterocycles. The van der Waals surface area contributed by atoms with E-state index in [1.807, 2.05) is 13.2 Å². The molecule has 1 rings (SSSR count). The molecular weight excluding hydrogens is 433 g/mol. The van der Waals surface area contributed by atoms with Crippen molar-refractivity contribution in [1.82, 2.24) is 20.5 Å². The average Bonchev–Trinajstić information content (AvgIpc) is 3.00. The van der Waals surface area contributed by atoms with Crippen LogP contribution in [0.5, 0.6) is 0 Å². The van der Waals surface area contributed by atoms with E-state index < -0.39 is 0 Å². The Bertz CT molecular complexity index is 448. The molecular formula is C17H34IN5S. The van der Waals surface area contributed by atoms with Crippen LogP contribution in [0.15, 0.2) is 11.2 Å². The maximum absolute atomic E-state index is 4.41. The van der Waals surface area contributed by atoms with Crippen LogP contribution < -0.4 is 10.6 Å². The van der Waals surface area contributed by atoms with Gasteiger partial charge in [0.15, 0.2) is 5.96 Å². The van der Waals surface area contributed by atoms with Crippen molar-refractivity contribution in [2.45, 2.75) is 52.0 Å². The van der Waals surface area contributed by atoms with E-state index in [9.17, 15) is 0 Å². The highest BCUT2D eigenvalue weighted by molar-refractivity contribution is 14.0. The minimum Gasteiger partial charge on any atom is -0.356 e. The van der Waals surface area contributed by atoms with E-state index in [1.54, 1.807) is 11.3 Å². The zero-order chi connectivity index (χ0) is 16.9. The monoisotopic (exact) mass is 467 g/mol. The van der Waals surface area contributed by atoms with Gasteiger partial charge in [-0.3, -0.25) is 4.99 Å². The molecule has 1 aromatic heterocycles. The summed E-state index contributed by atoms with van der Waals surface area (Å²) in [5.74, 6) is 0.867. The van der Waals surface area contributed by atoms with Crippen molar-refractivity contribution in [3.63, 3.8) is 0 Å². The third-order valence-corrected chi connectivity index (χ3v) is 4.80. The third kappa shape index (κ3) is 11.2. The lowest BCUT2D eigenvalue weighted by atomic mass is 10.1. The van der Waals surface area contributed by atoms with Crippen molar-refractivity contribution in [1.29, 1.82) is 0 Å². The van der Waals surface area contributed by atoms with Crippen LogP contribution in [0.2, 0.25) is 0 Å². The van der Waals surface area contributed by atoms with Crippen LogP contribution in [0, 0.1) is 0 Å². The van der Waals surface area contributed by atoms with Gasteiger partial charge >= 0.3 is 0 Å². The van der Waals surface area contributed by atoms with E-state index in [-0.39, 0.29) is 24.0 Å². The van der Waals surface area contributed by atoms with E-state index in [0.29, 0.717) is 0 Å². The summed E-state index contributed by atoms with van der Waals surface area (Å²) in [5.41, 5.74) is 0. The zero-order valence-corrected chi connectivity index (χ0v) is 18.7. The molecule has 0 aliphatic rings. The molecule has 0 aliphatic carbocycles. The summed E-state index contributed by atoms with van der Waals surface area (Å²) in [5, 5.41) is 7.82. The molecule has 7 heteroatoms. The molecule has 0 unspecified atom stereocenters. The van der Waals surface area contributed by atoms with Gasteiger partial charge in [-0.2, -0.15) is 0 Å². The summed E-state index contributed by atoms with van der Waals surface area (Å²) in [6, 6.07) is 0. The number of nitrogens with zero attached hydrogens (tertiary/aromatic N) is 3. The van der Waals surface area contributed by atoms with Crippen molar-refractivity contribution < 1.29 is 0 Å². The molecule has 1 aromatic rings. The number of unbranched alkanes of at least 4 members (excludes halogenated alkanes) is 4. The number of hydrogen-bond donors (Lipinski definition) is 2. The summed E-state index contributed by atoms with van der Waals surface area (Å²) < 4.78 is 0. The van der Waals surface area contributed by atoms with Gasteiger partial charge in [-0.15, -0.1) is 35.3 Å². The topological polar surface area (TPSA) is 52.6 Å². The Morgan fingerprint density at radius 2 is 1.88 bits per heavy atom. The summed E-state index contributed by atoms with van der Waals surface area (Å²) in [4.78, 5) is 12.3. The first-order chi connectivity index (χ1) is 11.2. The highest BCUT2D eigenvalue weighted by Crippen LogP contribution is 2.12. The standard InChI is InChI=1S/C17H33N5S.HI/c1-5-15-13-20-16(23-15)14-21-17(18-2)19-11-9-7-6-8-10-12-22(3)4;/h13H,5-12,14H2,1-4H3,(H2,18,19,21);1H. The van der Waals surface area contributed by atoms with Crippen LogP contribution in [0.3, 0.4) is 0 Å². The zero-order valence-electron chi connectivity index (χ0n) is 15.6. The molecule has 140 valence electrons. The van der Waals surface area contributed by atoms with Gasteiger partial charge in [0.05, 0.1) is 6.54 Å². The van der Waals surface area contributed by atoms with Gasteiger partial charge in [0, 0.05) is 24.7 Å². The van der Waals surface area contributed by atoms with E-state index in [1.165, 1.54) is 43.5 Å². The number of halogens is 1. The predicted molar refractivity (Wildman–Crippen MR) is 117 cm³/mol. The summed E-state index contributed by atoms with van der Waals surface area (Å²) in [6.45, 7) is 5.08. The van der Waals surface area contributed by atoms with Crippen LogP contribution in [0.25, 0.3) is 0 Å². The van der Waals surface area contributed by atoms with Gasteiger partial charge in [0.25, 0.3) is 0 Å². The fraction of sp³-hybridized carbons (Fsp3) is 0.765. The minimum absolute atomic E-state index is 0. The number of thiazole rings is 1. The SMILES string of the molecule is CCc1cnc(CNC(=NC)NCCCCCCCN(C)C)s1.I. The van der Waals surface area contributed by atoms with Gasteiger partial charge in [-0.1, -0.05) is 26.2 Å². The quantitative estimate of drug-likeness (QED) is 0.226. The average molecular weight is 467 g/mol. The Morgan fingerprint density at radius 1 is 1.17 bits per heavy atom. The van der Waals surface area contributed by atoms with E-state index >= 15 is 0 Å². The normalized spacial score (nSPS) is 11.5. The number of nitrogens with one attached hydrogen (secondary N) is 2. The summed E-state index contributed by atoms with van der Waals surface area (Å²) in [6.07, 6.45) is 9.45. The van der Waals surface area contributed by atoms with Crippen LogP contribution in [-0.4, -0.2) is 50.1 Å². The summed E-state index contributed by atoms with van der Waals surface area (Å²) in [7, 11) is 6.09. The van der Waals surface area contributed by atoms with Gasteiger partial charge in [0.2, 0.25) is 0 Å². The number of aliphatic imine (C=N–C) groups is 1. The Labute approximate surface area is 168 Å². The van der Waals surface area contributed by atoms with Crippen molar-refractivity contribution in [3.8, 4) is 0 Å². The third-order valence-electron chi connectivity index (χ3n) is 3.66. The molecule has 0 amide bonds. The fourth-order valence-electron chi connectivity index (χ4n) is 2.26. The molecule has 0 radical (unpaired) electrons. The first-order valence-corrected chi connectivity index (χ1v) is 9.50. The minimum atomic E-state index is 0. The summed E-state index contributed by atoms with van der Waals surface area (Å²) >= 11 is 1.77. The van der Waals surface area contributed by atoms with Crippen LogP contribution in [0.1, 0.15) is 48.9 Å². The second kappa shape index (κ2) is 14.9. The second-order valence-corrected chi connectivity index (χ2v) is 7.20. The Hall–Kier alpha value is -0.410. The van der Waals surface area contributed by atoms with E-state index in [0.717, 1.165) is 30.5 Å². The van der Waals surface area contributed by atoms with E-state index in [2.05, 4.69) is 46.5 Å². The highest BCUT2D eigenvalue weighted by atomic mass is 127. The first-order valence-electron chi connectivity index (χ1n) is 8.68. The molecule has 5 nitrogen and oxygen atoms in total. The Balaban J connectivity index is 0.00000529. The molecule has 0 saturated carbocycles. The number of guanidine groups is 1. The first kappa shape index (κ1) is 23.6. The molecule has 2 N–H and O–H groups in total. The Morgan fingerprint density at radius 3 is 2.50 bits per heavy atom. The molecule has 0 aromatic carbocycles. The number of hydrogen-bond acceptors (Lipinski definition) is 4. The van der Waals surface area contributed by atoms with Crippen molar-refractivity contribution >= 4 is 41.3 Å². The number of aromatic nitrogens is 1. The smallest absolute Gasteiger partial charge is 0.191 e. The molecule has 0 bridgehead atoms. The lowest BCUT2D eigenvalue weighted by molar-refractivity contribution is 0.389. The fourth-order valence-corrected chi connectivity index (χ4v) is 3.07. The second-order valence-electron chi connectivity index (χ2n) is 6.00. The molecule has 0 fully saturated rings. The highest BCUT2D eigenvalue weighted by Gasteiger charge is 2.02. The van der Waals surface area contributed by atoms with Crippen LogP contribution in [-0.2, 0) is 13.0 Å². The predicted octanol–water partition coefficient (Wildman–Crippen LogP) is 3.50. The van der Waals surface area contributed by atoms with Crippen molar-refractivity contribution in [3.05, 3.63) is 16.1 Å². The lowest BCUT2D eigenvalue weighted by Gasteiger charge is -2.11. The molecule has 0 atom stereocenters. The maximum Gasteiger partial charge on any atom is 0.191 e. The van der Waals surface area contributed by atoms with Crippen LogP contribution >= 0.6 is 35.3 Å². The molecule has 0 aliphatic heterocycles. The lowest BCUT2D eigenvalue weighted by Crippen LogP contribution is -2.37. The van der Waals surface area contributed by atoms with Crippen molar-refractivity contribution in [2.24, 2.45) is 4.99 Å². The molecule has 24 heavy (non-hydrogen) atoms. The van der Waals surface area contributed by atoms with Gasteiger partial charge in [-0.05, 0) is 39.9 Å². The maximum atomic E-state index is 4.41. The van der Waals surface area contributed by atoms with Gasteiger partial charge in [0.1, 0.15) is 5.01 Å². The number of aryl methyl sites for hydroxylation is 1. The molecule has 0 spiro atoms. The van der Waals surface area contributed by atoms with Gasteiger partial charge < -0.3 is 15.5 Å².